The summed E-state index contributed by atoms with van der Waals surface area (Å²) >= 11 is 0. The highest BCUT2D eigenvalue weighted by atomic mass is 15.2. The average molecular weight is 849 g/mol. The standard InChI is InChI=1S/C64H52N2/c1-47-43-55(35-41-61(47)65(59-37-31-53(32-38-59)51-23-11-5-12-24-51)63-29-17-15-27-57(63)45-49-19-7-3-8-20-49)56-36-42-62(48(2)44-56)66(60-39-33-54(34-40-60)52-25-13-6-14-26-52)64-30-18-16-28-58(64)46-50-21-9-4-10-22-50/h3-44H,45-46H2,1-2H3. The van der Waals surface area contributed by atoms with Crippen molar-refractivity contribution in [3.8, 4) is 33.4 Å². The fraction of sp³-hybridized carbons (Fsp3) is 0.0625. The maximum atomic E-state index is 2.44. The van der Waals surface area contributed by atoms with E-state index < -0.39 is 0 Å². The Kier molecular flexibility index (Phi) is 12.2. The second-order valence-electron chi connectivity index (χ2n) is 17.1. The van der Waals surface area contributed by atoms with Crippen LogP contribution >= 0.6 is 0 Å². The zero-order valence-corrected chi connectivity index (χ0v) is 37.6. The lowest BCUT2D eigenvalue weighted by Gasteiger charge is -2.30. The molecule has 0 amide bonds. The van der Waals surface area contributed by atoms with E-state index in [9.17, 15) is 0 Å². The van der Waals surface area contributed by atoms with Gasteiger partial charge in [0.25, 0.3) is 0 Å². The number of hydrogen-bond donors (Lipinski definition) is 0. The Morgan fingerprint density at radius 3 is 0.924 bits per heavy atom. The van der Waals surface area contributed by atoms with E-state index in [1.807, 2.05) is 0 Å². The van der Waals surface area contributed by atoms with E-state index in [4.69, 9.17) is 0 Å². The molecule has 0 saturated heterocycles. The summed E-state index contributed by atoms with van der Waals surface area (Å²) in [5.41, 5.74) is 21.6. The number of nitrogens with zero attached hydrogens (tertiary/aromatic N) is 2. The molecule has 0 aliphatic carbocycles. The number of hydrogen-bond acceptors (Lipinski definition) is 2. The van der Waals surface area contributed by atoms with Gasteiger partial charge in [-0.05, 0) is 154 Å². The molecule has 0 bridgehead atoms. The van der Waals surface area contributed by atoms with Gasteiger partial charge in [-0.15, -0.1) is 0 Å². The van der Waals surface area contributed by atoms with Gasteiger partial charge in [0.05, 0.1) is 0 Å². The van der Waals surface area contributed by atoms with Gasteiger partial charge in [-0.1, -0.05) is 194 Å². The molecule has 10 rings (SSSR count). The number of aryl methyl sites for hydroxylation is 2. The smallest absolute Gasteiger partial charge is 0.0497 e. The predicted molar refractivity (Wildman–Crippen MR) is 280 cm³/mol. The van der Waals surface area contributed by atoms with Crippen molar-refractivity contribution < 1.29 is 0 Å². The monoisotopic (exact) mass is 848 g/mol. The Hall–Kier alpha value is -8.20. The van der Waals surface area contributed by atoms with E-state index in [0.717, 1.165) is 35.6 Å². The molecule has 0 aromatic heterocycles. The first-order chi connectivity index (χ1) is 32.6. The van der Waals surface area contributed by atoms with Crippen molar-refractivity contribution in [2.75, 3.05) is 9.80 Å². The number of rotatable bonds is 13. The lowest BCUT2D eigenvalue weighted by Crippen LogP contribution is -2.14. The van der Waals surface area contributed by atoms with Crippen molar-refractivity contribution in [3.05, 3.63) is 288 Å². The first kappa shape index (κ1) is 41.8. The number of para-hydroxylation sites is 2. The molecule has 10 aromatic carbocycles. The summed E-state index contributed by atoms with van der Waals surface area (Å²) < 4.78 is 0. The SMILES string of the molecule is Cc1cc(-c2ccc(N(c3ccc(-c4ccccc4)cc3)c3ccccc3Cc3ccccc3)c(C)c2)ccc1N(c1ccc(-c2ccccc2)cc1)c1ccccc1Cc1ccccc1. The Balaban J connectivity index is 1.03. The molecule has 0 heterocycles. The van der Waals surface area contributed by atoms with Crippen LogP contribution in [-0.4, -0.2) is 0 Å². The van der Waals surface area contributed by atoms with Gasteiger partial charge in [0.15, 0.2) is 0 Å². The van der Waals surface area contributed by atoms with Gasteiger partial charge in [0, 0.05) is 34.1 Å². The molecule has 0 unspecified atom stereocenters. The first-order valence-corrected chi connectivity index (χ1v) is 22.9. The second kappa shape index (κ2) is 19.3. The summed E-state index contributed by atoms with van der Waals surface area (Å²) in [6, 6.07) is 92.3. The third-order valence-electron chi connectivity index (χ3n) is 12.6. The van der Waals surface area contributed by atoms with Crippen LogP contribution in [0.4, 0.5) is 34.1 Å². The zero-order valence-electron chi connectivity index (χ0n) is 37.6. The molecule has 2 nitrogen and oxygen atoms in total. The molecule has 0 radical (unpaired) electrons. The van der Waals surface area contributed by atoms with E-state index >= 15 is 0 Å². The van der Waals surface area contributed by atoms with Gasteiger partial charge < -0.3 is 9.80 Å². The molecule has 66 heavy (non-hydrogen) atoms. The quantitative estimate of drug-likeness (QED) is 0.114. The first-order valence-electron chi connectivity index (χ1n) is 22.9. The Labute approximate surface area is 390 Å². The van der Waals surface area contributed by atoms with E-state index in [1.165, 1.54) is 78.1 Å². The van der Waals surface area contributed by atoms with Crippen molar-refractivity contribution in [3.63, 3.8) is 0 Å². The molecule has 0 aliphatic heterocycles. The molecule has 10 aromatic rings. The van der Waals surface area contributed by atoms with Crippen molar-refractivity contribution >= 4 is 34.1 Å². The van der Waals surface area contributed by atoms with Crippen LogP contribution < -0.4 is 9.80 Å². The minimum Gasteiger partial charge on any atom is -0.310 e. The second-order valence-corrected chi connectivity index (χ2v) is 17.1. The zero-order chi connectivity index (χ0) is 44.7. The van der Waals surface area contributed by atoms with Crippen LogP contribution in [0.25, 0.3) is 33.4 Å². The van der Waals surface area contributed by atoms with Crippen LogP contribution in [0, 0.1) is 13.8 Å². The molecule has 0 spiro atoms. The van der Waals surface area contributed by atoms with Crippen LogP contribution in [0.5, 0.6) is 0 Å². The van der Waals surface area contributed by atoms with Crippen LogP contribution in [0.2, 0.25) is 0 Å². The Morgan fingerprint density at radius 2 is 0.561 bits per heavy atom. The topological polar surface area (TPSA) is 6.48 Å². The minimum absolute atomic E-state index is 0.837. The van der Waals surface area contributed by atoms with Crippen LogP contribution in [0.3, 0.4) is 0 Å². The van der Waals surface area contributed by atoms with Gasteiger partial charge in [-0.25, -0.2) is 0 Å². The van der Waals surface area contributed by atoms with Crippen molar-refractivity contribution in [1.29, 1.82) is 0 Å². The van der Waals surface area contributed by atoms with E-state index in [1.54, 1.807) is 0 Å². The Bertz CT molecular complexity index is 2960. The Morgan fingerprint density at radius 1 is 0.258 bits per heavy atom. The normalized spacial score (nSPS) is 11.0. The summed E-state index contributed by atoms with van der Waals surface area (Å²) in [7, 11) is 0. The molecule has 318 valence electrons. The lowest BCUT2D eigenvalue weighted by molar-refractivity contribution is 1.15. The van der Waals surface area contributed by atoms with E-state index in [2.05, 4.69) is 278 Å². The average Bonchev–Trinajstić information content (AvgIpc) is 3.37. The molecule has 0 saturated carbocycles. The lowest BCUT2D eigenvalue weighted by atomic mass is 9.97. The number of benzene rings is 10. The highest BCUT2D eigenvalue weighted by Crippen LogP contribution is 2.43. The summed E-state index contributed by atoms with van der Waals surface area (Å²) in [5, 5.41) is 0. The molecule has 2 heteroatoms. The summed E-state index contributed by atoms with van der Waals surface area (Å²) in [6.45, 7) is 4.49. The van der Waals surface area contributed by atoms with Gasteiger partial charge in [0.2, 0.25) is 0 Å². The van der Waals surface area contributed by atoms with Crippen LogP contribution in [0.15, 0.2) is 255 Å². The van der Waals surface area contributed by atoms with Gasteiger partial charge in [0.1, 0.15) is 0 Å². The van der Waals surface area contributed by atoms with Gasteiger partial charge in [-0.3, -0.25) is 0 Å². The highest BCUT2D eigenvalue weighted by molar-refractivity contribution is 5.86. The summed E-state index contributed by atoms with van der Waals surface area (Å²) in [6.07, 6.45) is 1.67. The van der Waals surface area contributed by atoms with Crippen molar-refractivity contribution in [2.24, 2.45) is 0 Å². The summed E-state index contributed by atoms with van der Waals surface area (Å²) in [5.74, 6) is 0. The molecule has 0 aliphatic rings. The maximum Gasteiger partial charge on any atom is 0.0497 e. The molecule has 0 N–H and O–H groups in total. The predicted octanol–water partition coefficient (Wildman–Crippen LogP) is 17.4. The molecular weight excluding hydrogens is 797 g/mol. The minimum atomic E-state index is 0.837. The largest absolute Gasteiger partial charge is 0.310 e. The van der Waals surface area contributed by atoms with E-state index in [-0.39, 0.29) is 0 Å². The number of anilines is 6. The van der Waals surface area contributed by atoms with Gasteiger partial charge in [-0.2, -0.15) is 0 Å². The van der Waals surface area contributed by atoms with Crippen molar-refractivity contribution in [1.82, 2.24) is 0 Å². The third-order valence-corrected chi connectivity index (χ3v) is 12.6. The summed E-state index contributed by atoms with van der Waals surface area (Å²) in [4.78, 5) is 4.88. The van der Waals surface area contributed by atoms with E-state index in [0.29, 0.717) is 0 Å². The van der Waals surface area contributed by atoms with Crippen LogP contribution in [0.1, 0.15) is 33.4 Å². The molecular formula is C64H52N2. The molecule has 0 fully saturated rings. The van der Waals surface area contributed by atoms with Gasteiger partial charge >= 0.3 is 0 Å². The van der Waals surface area contributed by atoms with Crippen molar-refractivity contribution in [2.45, 2.75) is 26.7 Å². The molecule has 0 atom stereocenters. The fourth-order valence-electron chi connectivity index (χ4n) is 9.24. The third kappa shape index (κ3) is 9.09. The fourth-order valence-corrected chi connectivity index (χ4v) is 9.24. The maximum absolute atomic E-state index is 2.44. The highest BCUT2D eigenvalue weighted by Gasteiger charge is 2.21. The van der Waals surface area contributed by atoms with Crippen LogP contribution in [-0.2, 0) is 12.8 Å².